The minimum atomic E-state index is -0.399. The first-order valence-corrected chi connectivity index (χ1v) is 4.64. The van der Waals surface area contributed by atoms with Gasteiger partial charge in [-0.15, -0.1) is 10.2 Å². The predicted molar refractivity (Wildman–Crippen MR) is 50.4 cm³/mol. The minimum Gasteiger partial charge on any atom is -0.321 e. The van der Waals surface area contributed by atoms with Crippen molar-refractivity contribution in [2.45, 2.75) is 32.2 Å². The molecule has 6 heteroatoms. The Hall–Kier alpha value is -1.30. The van der Waals surface area contributed by atoms with E-state index < -0.39 is 6.04 Å². The summed E-state index contributed by atoms with van der Waals surface area (Å²) < 4.78 is 0. The van der Waals surface area contributed by atoms with Gasteiger partial charge < -0.3 is 5.73 Å². The lowest BCUT2D eigenvalue weighted by atomic mass is 10.1. The fourth-order valence-corrected chi connectivity index (χ4v) is 1.15. The number of aromatic nitrogens is 4. The van der Waals surface area contributed by atoms with E-state index in [1.54, 1.807) is 7.05 Å². The average molecular weight is 197 g/mol. The molecule has 1 heterocycles. The third-order valence-corrected chi connectivity index (χ3v) is 1.90. The Morgan fingerprint density at radius 2 is 2.36 bits per heavy atom. The van der Waals surface area contributed by atoms with E-state index in [1.165, 1.54) is 4.80 Å². The number of rotatable bonds is 5. The molecule has 0 aromatic carbocycles. The SMILES string of the molecule is CCCC(N)C(=O)Cc1nnn(C)n1. The van der Waals surface area contributed by atoms with E-state index in [0.29, 0.717) is 12.2 Å². The monoisotopic (exact) mass is 197 g/mol. The van der Waals surface area contributed by atoms with E-state index in [-0.39, 0.29) is 12.2 Å². The van der Waals surface area contributed by atoms with Crippen molar-refractivity contribution in [2.75, 3.05) is 0 Å². The third-order valence-electron chi connectivity index (χ3n) is 1.90. The van der Waals surface area contributed by atoms with Gasteiger partial charge in [0.05, 0.1) is 19.5 Å². The zero-order valence-corrected chi connectivity index (χ0v) is 8.47. The molecule has 78 valence electrons. The molecule has 0 amide bonds. The largest absolute Gasteiger partial charge is 0.321 e. The van der Waals surface area contributed by atoms with Gasteiger partial charge >= 0.3 is 0 Å². The Morgan fingerprint density at radius 3 is 2.86 bits per heavy atom. The van der Waals surface area contributed by atoms with Gasteiger partial charge in [-0.1, -0.05) is 13.3 Å². The van der Waals surface area contributed by atoms with E-state index in [1.807, 2.05) is 6.92 Å². The van der Waals surface area contributed by atoms with Crippen LogP contribution in [0.2, 0.25) is 0 Å². The van der Waals surface area contributed by atoms with Crippen LogP contribution in [0, 0.1) is 0 Å². The highest BCUT2D eigenvalue weighted by molar-refractivity contribution is 5.85. The molecule has 0 spiro atoms. The van der Waals surface area contributed by atoms with Crippen LogP contribution in [0.4, 0.5) is 0 Å². The van der Waals surface area contributed by atoms with Gasteiger partial charge in [-0.2, -0.15) is 4.80 Å². The van der Waals surface area contributed by atoms with E-state index in [2.05, 4.69) is 15.4 Å². The van der Waals surface area contributed by atoms with Gasteiger partial charge in [-0.05, 0) is 11.6 Å². The lowest BCUT2D eigenvalue weighted by Crippen LogP contribution is -2.31. The van der Waals surface area contributed by atoms with Crippen molar-refractivity contribution < 1.29 is 4.79 Å². The third kappa shape index (κ3) is 2.88. The highest BCUT2D eigenvalue weighted by Gasteiger charge is 2.15. The predicted octanol–water partition coefficient (Wildman–Crippen LogP) is -0.551. The molecular weight excluding hydrogens is 182 g/mol. The summed E-state index contributed by atoms with van der Waals surface area (Å²) in [5.74, 6) is 0.406. The summed E-state index contributed by atoms with van der Waals surface area (Å²) in [6, 6.07) is -0.399. The van der Waals surface area contributed by atoms with Crippen LogP contribution in [-0.4, -0.2) is 32.0 Å². The number of ketones is 1. The highest BCUT2D eigenvalue weighted by Crippen LogP contribution is 1.98. The van der Waals surface area contributed by atoms with Gasteiger partial charge in [0.15, 0.2) is 11.6 Å². The standard InChI is InChI=1S/C8H15N5O/c1-3-4-6(9)7(14)5-8-10-12-13(2)11-8/h6H,3-5,9H2,1-2H3. The van der Waals surface area contributed by atoms with Crippen LogP contribution in [0.3, 0.4) is 0 Å². The number of tetrazole rings is 1. The number of hydrogen-bond acceptors (Lipinski definition) is 5. The number of nitrogens with zero attached hydrogens (tertiary/aromatic N) is 4. The molecule has 0 saturated carbocycles. The van der Waals surface area contributed by atoms with Gasteiger partial charge in [0.1, 0.15) is 0 Å². The molecule has 2 N–H and O–H groups in total. The van der Waals surface area contributed by atoms with E-state index in [4.69, 9.17) is 5.73 Å². The van der Waals surface area contributed by atoms with Gasteiger partial charge in [-0.3, -0.25) is 4.79 Å². The summed E-state index contributed by atoms with van der Waals surface area (Å²) in [5, 5.41) is 11.3. The first-order valence-electron chi connectivity index (χ1n) is 4.64. The molecule has 1 aromatic rings. The molecule has 1 unspecified atom stereocenters. The summed E-state index contributed by atoms with van der Waals surface area (Å²) in [6.45, 7) is 1.99. The molecule has 1 aromatic heterocycles. The molecule has 0 aliphatic rings. The summed E-state index contributed by atoms with van der Waals surface area (Å²) in [7, 11) is 1.66. The lowest BCUT2D eigenvalue weighted by Gasteiger charge is -2.06. The smallest absolute Gasteiger partial charge is 0.182 e. The summed E-state index contributed by atoms with van der Waals surface area (Å²) >= 11 is 0. The van der Waals surface area contributed by atoms with Crippen LogP contribution >= 0.6 is 0 Å². The maximum absolute atomic E-state index is 11.5. The Bertz CT molecular complexity index is 308. The Labute approximate surface area is 82.5 Å². The van der Waals surface area contributed by atoms with Crippen LogP contribution in [-0.2, 0) is 18.3 Å². The van der Waals surface area contributed by atoms with Crippen LogP contribution in [0.25, 0.3) is 0 Å². The first-order chi connectivity index (χ1) is 6.63. The second kappa shape index (κ2) is 4.80. The van der Waals surface area contributed by atoms with Crippen molar-refractivity contribution in [3.8, 4) is 0 Å². The number of Topliss-reactive ketones (excluding diaryl/α,β-unsaturated/α-hetero) is 1. The fourth-order valence-electron chi connectivity index (χ4n) is 1.15. The van der Waals surface area contributed by atoms with Crippen LogP contribution in [0.5, 0.6) is 0 Å². The van der Waals surface area contributed by atoms with Crippen molar-refractivity contribution in [3.63, 3.8) is 0 Å². The molecule has 0 bridgehead atoms. The Kier molecular flexibility index (Phi) is 3.70. The molecule has 14 heavy (non-hydrogen) atoms. The average Bonchev–Trinajstić information content (AvgIpc) is 2.51. The zero-order chi connectivity index (χ0) is 10.6. The number of aryl methyl sites for hydroxylation is 1. The Balaban J connectivity index is 2.48. The topological polar surface area (TPSA) is 86.7 Å². The van der Waals surface area contributed by atoms with Crippen LogP contribution in [0.15, 0.2) is 0 Å². The number of nitrogens with two attached hydrogens (primary N) is 1. The summed E-state index contributed by atoms with van der Waals surface area (Å²) in [6.07, 6.45) is 1.79. The second-order valence-electron chi connectivity index (χ2n) is 3.23. The Morgan fingerprint density at radius 1 is 1.64 bits per heavy atom. The molecule has 1 rings (SSSR count). The summed E-state index contributed by atoms with van der Waals surface area (Å²) in [4.78, 5) is 12.8. The van der Waals surface area contributed by atoms with Crippen LogP contribution in [0.1, 0.15) is 25.6 Å². The number of carbonyl (C=O) groups excluding carboxylic acids is 1. The lowest BCUT2D eigenvalue weighted by molar-refractivity contribution is -0.119. The molecule has 0 saturated heterocycles. The van der Waals surface area contributed by atoms with Crippen molar-refractivity contribution in [3.05, 3.63) is 5.82 Å². The molecule has 6 nitrogen and oxygen atoms in total. The van der Waals surface area contributed by atoms with E-state index in [9.17, 15) is 4.79 Å². The molecule has 0 aliphatic heterocycles. The molecular formula is C8H15N5O. The van der Waals surface area contributed by atoms with E-state index >= 15 is 0 Å². The molecule has 0 fully saturated rings. The number of hydrogen-bond donors (Lipinski definition) is 1. The maximum atomic E-state index is 11.5. The summed E-state index contributed by atoms with van der Waals surface area (Å²) in [5.41, 5.74) is 5.65. The second-order valence-corrected chi connectivity index (χ2v) is 3.23. The molecule has 0 aliphatic carbocycles. The van der Waals surface area contributed by atoms with Gasteiger partial charge in [-0.25, -0.2) is 0 Å². The van der Waals surface area contributed by atoms with Gasteiger partial charge in [0, 0.05) is 0 Å². The quantitative estimate of drug-likeness (QED) is 0.684. The van der Waals surface area contributed by atoms with Crippen molar-refractivity contribution in [2.24, 2.45) is 12.8 Å². The van der Waals surface area contributed by atoms with Crippen LogP contribution < -0.4 is 5.73 Å². The minimum absolute atomic E-state index is 0.0279. The molecule has 1 atom stereocenters. The van der Waals surface area contributed by atoms with Gasteiger partial charge in [0.2, 0.25) is 0 Å². The van der Waals surface area contributed by atoms with E-state index in [0.717, 1.165) is 6.42 Å². The number of carbonyl (C=O) groups is 1. The van der Waals surface area contributed by atoms with Crippen molar-refractivity contribution >= 4 is 5.78 Å². The zero-order valence-electron chi connectivity index (χ0n) is 8.47. The maximum Gasteiger partial charge on any atom is 0.182 e. The van der Waals surface area contributed by atoms with Crippen molar-refractivity contribution in [1.82, 2.24) is 20.2 Å². The highest BCUT2D eigenvalue weighted by atomic mass is 16.1. The van der Waals surface area contributed by atoms with Crippen molar-refractivity contribution in [1.29, 1.82) is 0 Å². The molecule has 0 radical (unpaired) electrons. The fraction of sp³-hybridized carbons (Fsp3) is 0.750. The first kappa shape index (κ1) is 10.8. The normalized spacial score (nSPS) is 12.8. The van der Waals surface area contributed by atoms with Gasteiger partial charge in [0.25, 0.3) is 0 Å².